The first kappa shape index (κ1) is 14.4. The molecule has 1 aromatic rings. The number of rotatable bonds is 8. The second kappa shape index (κ2) is 7.56. The van der Waals surface area contributed by atoms with Crippen LogP contribution >= 0.6 is 11.8 Å². The van der Waals surface area contributed by atoms with Crippen molar-refractivity contribution >= 4 is 17.7 Å². The van der Waals surface area contributed by atoms with E-state index in [0.29, 0.717) is 5.75 Å². The van der Waals surface area contributed by atoms with Crippen molar-refractivity contribution in [1.82, 2.24) is 10.6 Å². The minimum atomic E-state index is 0.147. The molecule has 0 unspecified atom stereocenters. The van der Waals surface area contributed by atoms with Crippen LogP contribution in [0.5, 0.6) is 0 Å². The van der Waals surface area contributed by atoms with Gasteiger partial charge >= 0.3 is 0 Å². The second-order valence-corrected chi connectivity index (χ2v) is 6.01. The zero-order valence-electron chi connectivity index (χ0n) is 11.4. The number of amides is 1. The molecule has 0 spiro atoms. The average Bonchev–Trinajstić information content (AvgIpc) is 3.26. The van der Waals surface area contributed by atoms with Crippen LogP contribution in [-0.4, -0.2) is 24.7 Å². The lowest BCUT2D eigenvalue weighted by molar-refractivity contribution is -0.118. The summed E-state index contributed by atoms with van der Waals surface area (Å²) in [4.78, 5) is 12.8. The number of nitrogens with one attached hydrogen (secondary N) is 2. The van der Waals surface area contributed by atoms with Gasteiger partial charge in [-0.25, -0.2) is 0 Å². The Morgan fingerprint density at radius 1 is 1.32 bits per heavy atom. The van der Waals surface area contributed by atoms with Gasteiger partial charge in [0.25, 0.3) is 0 Å². The van der Waals surface area contributed by atoms with Crippen LogP contribution in [0.3, 0.4) is 0 Å². The highest BCUT2D eigenvalue weighted by atomic mass is 32.2. The summed E-state index contributed by atoms with van der Waals surface area (Å²) >= 11 is 1.60. The first-order valence-corrected chi connectivity index (χ1v) is 7.95. The van der Waals surface area contributed by atoms with E-state index in [2.05, 4.69) is 41.8 Å². The highest BCUT2D eigenvalue weighted by molar-refractivity contribution is 8.00. The summed E-state index contributed by atoms with van der Waals surface area (Å²) in [6.07, 6.45) is 2.56. The molecule has 104 valence electrons. The molecule has 1 amide bonds. The van der Waals surface area contributed by atoms with E-state index < -0.39 is 0 Å². The van der Waals surface area contributed by atoms with Crippen LogP contribution in [0, 0.1) is 5.92 Å². The Bertz CT molecular complexity index is 401. The molecule has 19 heavy (non-hydrogen) atoms. The van der Waals surface area contributed by atoms with Crippen molar-refractivity contribution in [1.29, 1.82) is 0 Å². The normalized spacial score (nSPS) is 14.4. The Labute approximate surface area is 119 Å². The predicted octanol–water partition coefficient (Wildman–Crippen LogP) is 2.41. The van der Waals surface area contributed by atoms with Crippen molar-refractivity contribution < 1.29 is 4.79 Å². The number of benzene rings is 1. The van der Waals surface area contributed by atoms with Crippen molar-refractivity contribution in [3.63, 3.8) is 0 Å². The maximum absolute atomic E-state index is 11.6. The first-order valence-electron chi connectivity index (χ1n) is 6.97. The zero-order valence-corrected chi connectivity index (χ0v) is 12.3. The predicted molar refractivity (Wildman–Crippen MR) is 80.3 cm³/mol. The number of carbonyl (C=O) groups is 1. The first-order chi connectivity index (χ1) is 9.28. The van der Waals surface area contributed by atoms with E-state index in [4.69, 9.17) is 0 Å². The molecule has 1 saturated carbocycles. The molecule has 1 aromatic carbocycles. The van der Waals surface area contributed by atoms with Gasteiger partial charge in [0.1, 0.15) is 0 Å². The van der Waals surface area contributed by atoms with Gasteiger partial charge in [-0.15, -0.1) is 11.8 Å². The van der Waals surface area contributed by atoms with Gasteiger partial charge in [0.15, 0.2) is 0 Å². The van der Waals surface area contributed by atoms with Gasteiger partial charge in [-0.3, -0.25) is 4.79 Å². The molecule has 1 aliphatic carbocycles. The number of hydrogen-bond acceptors (Lipinski definition) is 3. The van der Waals surface area contributed by atoms with Gasteiger partial charge in [0.2, 0.25) is 5.91 Å². The van der Waals surface area contributed by atoms with E-state index in [1.807, 2.05) is 0 Å². The van der Waals surface area contributed by atoms with Crippen LogP contribution in [0.25, 0.3) is 0 Å². The lowest BCUT2D eigenvalue weighted by atomic mass is 10.2. The van der Waals surface area contributed by atoms with E-state index in [1.54, 1.807) is 11.8 Å². The zero-order chi connectivity index (χ0) is 13.5. The van der Waals surface area contributed by atoms with Crippen LogP contribution in [0.15, 0.2) is 29.2 Å². The monoisotopic (exact) mass is 278 g/mol. The molecule has 2 N–H and O–H groups in total. The van der Waals surface area contributed by atoms with E-state index in [9.17, 15) is 4.79 Å². The highest BCUT2D eigenvalue weighted by Crippen LogP contribution is 2.27. The molecular weight excluding hydrogens is 256 g/mol. The van der Waals surface area contributed by atoms with E-state index in [0.717, 1.165) is 30.4 Å². The molecule has 0 heterocycles. The Balaban J connectivity index is 1.67. The van der Waals surface area contributed by atoms with Crippen molar-refractivity contribution in [2.24, 2.45) is 5.92 Å². The molecule has 0 aromatic heterocycles. The van der Waals surface area contributed by atoms with Crippen LogP contribution in [-0.2, 0) is 11.3 Å². The lowest BCUT2D eigenvalue weighted by Gasteiger charge is -2.05. The van der Waals surface area contributed by atoms with Crippen molar-refractivity contribution in [3.05, 3.63) is 29.8 Å². The summed E-state index contributed by atoms with van der Waals surface area (Å²) in [5.41, 5.74) is 1.28. The van der Waals surface area contributed by atoms with Gasteiger partial charge in [0.05, 0.1) is 5.75 Å². The number of carbonyl (C=O) groups excluding carboxylic acids is 1. The fourth-order valence-electron chi connectivity index (χ4n) is 1.75. The quantitative estimate of drug-likeness (QED) is 0.718. The largest absolute Gasteiger partial charge is 0.355 e. The van der Waals surface area contributed by atoms with E-state index in [-0.39, 0.29) is 5.91 Å². The molecule has 1 fully saturated rings. The van der Waals surface area contributed by atoms with E-state index >= 15 is 0 Å². The average molecular weight is 278 g/mol. The maximum Gasteiger partial charge on any atom is 0.230 e. The molecule has 2 rings (SSSR count). The molecule has 0 radical (unpaired) electrons. The van der Waals surface area contributed by atoms with E-state index in [1.165, 1.54) is 18.4 Å². The molecule has 3 nitrogen and oxygen atoms in total. The van der Waals surface area contributed by atoms with Gasteiger partial charge in [-0.2, -0.15) is 0 Å². The fourth-order valence-corrected chi connectivity index (χ4v) is 2.48. The lowest BCUT2D eigenvalue weighted by Crippen LogP contribution is -2.27. The second-order valence-electron chi connectivity index (χ2n) is 4.96. The summed E-state index contributed by atoms with van der Waals surface area (Å²) in [7, 11) is 0. The molecule has 0 aliphatic heterocycles. The standard InChI is InChI=1S/C15H22N2OS/c1-2-16-9-12-5-7-14(8-6-12)19-11-15(18)17-10-13-3-4-13/h5-8,13,16H,2-4,9-11H2,1H3,(H,17,18). The summed E-state index contributed by atoms with van der Waals surface area (Å²) < 4.78 is 0. The molecule has 0 atom stereocenters. The van der Waals surface area contributed by atoms with Gasteiger partial charge in [-0.1, -0.05) is 19.1 Å². The Morgan fingerprint density at radius 2 is 2.05 bits per heavy atom. The highest BCUT2D eigenvalue weighted by Gasteiger charge is 2.21. The Hall–Kier alpha value is -1.00. The summed E-state index contributed by atoms with van der Waals surface area (Å²) in [5, 5.41) is 6.28. The van der Waals surface area contributed by atoms with Crippen LogP contribution in [0.2, 0.25) is 0 Å². The molecule has 1 aliphatic rings. The Kier molecular flexibility index (Phi) is 5.73. The topological polar surface area (TPSA) is 41.1 Å². The SMILES string of the molecule is CCNCc1ccc(SCC(=O)NCC2CC2)cc1. The van der Waals surface area contributed by atoms with Crippen molar-refractivity contribution in [2.75, 3.05) is 18.8 Å². The number of hydrogen-bond donors (Lipinski definition) is 2. The summed E-state index contributed by atoms with van der Waals surface area (Å²) in [6, 6.07) is 8.41. The minimum absolute atomic E-state index is 0.147. The fraction of sp³-hybridized carbons (Fsp3) is 0.533. The summed E-state index contributed by atoms with van der Waals surface area (Å²) in [6.45, 7) is 4.85. The van der Waals surface area contributed by atoms with Crippen LogP contribution in [0.1, 0.15) is 25.3 Å². The van der Waals surface area contributed by atoms with Gasteiger partial charge < -0.3 is 10.6 Å². The molecule has 4 heteroatoms. The minimum Gasteiger partial charge on any atom is -0.355 e. The third-order valence-electron chi connectivity index (χ3n) is 3.16. The summed E-state index contributed by atoms with van der Waals surface area (Å²) in [5.74, 6) is 1.41. The third-order valence-corrected chi connectivity index (χ3v) is 4.17. The van der Waals surface area contributed by atoms with Crippen molar-refractivity contribution in [2.45, 2.75) is 31.2 Å². The van der Waals surface area contributed by atoms with Crippen molar-refractivity contribution in [3.8, 4) is 0 Å². The third kappa shape index (κ3) is 5.66. The smallest absolute Gasteiger partial charge is 0.230 e. The molecule has 0 bridgehead atoms. The van der Waals surface area contributed by atoms with Crippen LogP contribution in [0.4, 0.5) is 0 Å². The number of thioether (sulfide) groups is 1. The Morgan fingerprint density at radius 3 is 2.68 bits per heavy atom. The van der Waals surface area contributed by atoms with Gasteiger partial charge in [-0.05, 0) is 43.0 Å². The molecular formula is C15H22N2OS. The molecule has 0 saturated heterocycles. The van der Waals surface area contributed by atoms with Crippen LogP contribution < -0.4 is 10.6 Å². The maximum atomic E-state index is 11.6. The van der Waals surface area contributed by atoms with Gasteiger partial charge in [0, 0.05) is 18.0 Å².